The Bertz CT molecular complexity index is 594. The topological polar surface area (TPSA) is 67.9 Å². The first kappa shape index (κ1) is 20.3. The van der Waals surface area contributed by atoms with Gasteiger partial charge in [-0.25, -0.2) is 4.39 Å². The van der Waals surface area contributed by atoms with Gasteiger partial charge in [-0.3, -0.25) is 9.59 Å². The summed E-state index contributed by atoms with van der Waals surface area (Å²) < 4.78 is 23.4. The second-order valence-electron chi connectivity index (χ2n) is 6.36. The molecule has 0 aliphatic carbocycles. The number of amides is 2. The number of nitrogens with one attached hydrogen (secondary N) is 1. The molecular weight excluding hydrogens is 339 g/mol. The zero-order valence-corrected chi connectivity index (χ0v) is 15.4. The predicted octanol–water partition coefficient (Wildman–Crippen LogP) is 1.90. The normalized spacial score (nSPS) is 20.3. The highest BCUT2D eigenvalue weighted by molar-refractivity contribution is 5.85. The minimum absolute atomic E-state index is 0.0141. The van der Waals surface area contributed by atoms with Crippen molar-refractivity contribution in [3.8, 4) is 0 Å². The Hall–Kier alpha value is -1.99. The molecule has 144 valence electrons. The van der Waals surface area contributed by atoms with Gasteiger partial charge in [0, 0.05) is 40.3 Å². The van der Waals surface area contributed by atoms with E-state index >= 15 is 0 Å². The maximum absolute atomic E-state index is 13.3. The number of methoxy groups -OCH3 is 2. The SMILES string of the molecule is COCCCNC(=O)C1CCC(=O)N(CCOC)C1c1ccc(F)cc1. The van der Waals surface area contributed by atoms with Crippen molar-refractivity contribution in [2.24, 2.45) is 5.92 Å². The fourth-order valence-corrected chi connectivity index (χ4v) is 3.31. The van der Waals surface area contributed by atoms with Crippen molar-refractivity contribution in [2.45, 2.75) is 25.3 Å². The maximum Gasteiger partial charge on any atom is 0.225 e. The smallest absolute Gasteiger partial charge is 0.225 e. The van der Waals surface area contributed by atoms with E-state index < -0.39 is 6.04 Å². The summed E-state index contributed by atoms with van der Waals surface area (Å²) in [6.07, 6.45) is 1.51. The number of hydrogen-bond donors (Lipinski definition) is 1. The van der Waals surface area contributed by atoms with Crippen molar-refractivity contribution in [3.05, 3.63) is 35.6 Å². The van der Waals surface area contributed by atoms with Crippen LogP contribution in [0.5, 0.6) is 0 Å². The average Bonchev–Trinajstić information content (AvgIpc) is 2.64. The lowest BCUT2D eigenvalue weighted by molar-refractivity contribution is -0.144. The maximum atomic E-state index is 13.3. The highest BCUT2D eigenvalue weighted by Crippen LogP contribution is 2.36. The fourth-order valence-electron chi connectivity index (χ4n) is 3.31. The molecule has 1 heterocycles. The number of carbonyl (C=O) groups excluding carboxylic acids is 2. The second kappa shape index (κ2) is 10.2. The van der Waals surface area contributed by atoms with Gasteiger partial charge in [0.2, 0.25) is 11.8 Å². The number of likely N-dealkylation sites (tertiary alicyclic amines) is 1. The molecule has 1 aliphatic rings. The minimum Gasteiger partial charge on any atom is -0.385 e. The van der Waals surface area contributed by atoms with Gasteiger partial charge >= 0.3 is 0 Å². The summed E-state index contributed by atoms with van der Waals surface area (Å²) in [6, 6.07) is 5.58. The molecule has 2 rings (SSSR count). The number of carbonyl (C=O) groups is 2. The van der Waals surface area contributed by atoms with Crippen molar-refractivity contribution in [2.75, 3.05) is 40.5 Å². The third kappa shape index (κ3) is 5.25. The van der Waals surface area contributed by atoms with Crippen LogP contribution in [0.1, 0.15) is 30.9 Å². The van der Waals surface area contributed by atoms with Gasteiger partial charge in [-0.15, -0.1) is 0 Å². The molecule has 0 bridgehead atoms. The Balaban J connectivity index is 2.21. The first-order valence-electron chi connectivity index (χ1n) is 8.89. The minimum atomic E-state index is -0.422. The van der Waals surface area contributed by atoms with Gasteiger partial charge in [0.25, 0.3) is 0 Å². The van der Waals surface area contributed by atoms with E-state index in [-0.39, 0.29) is 23.5 Å². The van der Waals surface area contributed by atoms with E-state index in [1.807, 2.05) is 0 Å². The van der Waals surface area contributed by atoms with E-state index in [9.17, 15) is 14.0 Å². The molecule has 0 radical (unpaired) electrons. The van der Waals surface area contributed by atoms with Crippen LogP contribution < -0.4 is 5.32 Å². The van der Waals surface area contributed by atoms with E-state index in [0.29, 0.717) is 39.1 Å². The molecule has 1 N–H and O–H groups in total. The van der Waals surface area contributed by atoms with Crippen molar-refractivity contribution >= 4 is 11.8 Å². The molecule has 26 heavy (non-hydrogen) atoms. The summed E-state index contributed by atoms with van der Waals surface area (Å²) in [5.41, 5.74) is 0.757. The molecule has 1 aliphatic heterocycles. The standard InChI is InChI=1S/C19H27FN2O4/c1-25-12-3-10-21-19(24)16-8-9-17(23)22(11-13-26-2)18(16)14-4-6-15(20)7-5-14/h4-7,16,18H,3,8-13H2,1-2H3,(H,21,24). The monoisotopic (exact) mass is 366 g/mol. The number of piperidine rings is 1. The van der Waals surface area contributed by atoms with E-state index in [1.165, 1.54) is 12.1 Å². The summed E-state index contributed by atoms with van der Waals surface area (Å²) in [4.78, 5) is 26.9. The van der Waals surface area contributed by atoms with Crippen LogP contribution in [0.3, 0.4) is 0 Å². The van der Waals surface area contributed by atoms with E-state index in [1.54, 1.807) is 31.3 Å². The summed E-state index contributed by atoms with van der Waals surface area (Å²) in [7, 11) is 3.19. The second-order valence-corrected chi connectivity index (χ2v) is 6.36. The number of nitrogens with zero attached hydrogens (tertiary/aromatic N) is 1. The quantitative estimate of drug-likeness (QED) is 0.678. The highest BCUT2D eigenvalue weighted by Gasteiger charge is 2.40. The third-order valence-electron chi connectivity index (χ3n) is 4.62. The van der Waals surface area contributed by atoms with Gasteiger partial charge in [-0.1, -0.05) is 12.1 Å². The van der Waals surface area contributed by atoms with Crippen LogP contribution in [0, 0.1) is 11.7 Å². The van der Waals surface area contributed by atoms with Crippen molar-refractivity contribution in [1.82, 2.24) is 10.2 Å². The Morgan fingerprint density at radius 2 is 1.92 bits per heavy atom. The van der Waals surface area contributed by atoms with Crippen LogP contribution >= 0.6 is 0 Å². The lowest BCUT2D eigenvalue weighted by atomic mass is 9.83. The summed E-state index contributed by atoms with van der Waals surface area (Å²) in [5, 5.41) is 2.93. The van der Waals surface area contributed by atoms with Crippen LogP contribution in [-0.2, 0) is 19.1 Å². The van der Waals surface area contributed by atoms with Crippen molar-refractivity contribution in [1.29, 1.82) is 0 Å². The fraction of sp³-hybridized carbons (Fsp3) is 0.579. The number of rotatable bonds is 9. The number of ether oxygens (including phenoxy) is 2. The van der Waals surface area contributed by atoms with Crippen molar-refractivity contribution in [3.63, 3.8) is 0 Å². The molecular formula is C19H27FN2O4. The summed E-state index contributed by atoms with van der Waals surface area (Å²) >= 11 is 0. The molecule has 7 heteroatoms. The van der Waals surface area contributed by atoms with Crippen LogP contribution in [0.4, 0.5) is 4.39 Å². The Morgan fingerprint density at radius 3 is 2.58 bits per heavy atom. The molecule has 0 saturated carbocycles. The van der Waals surface area contributed by atoms with E-state index in [2.05, 4.69) is 5.32 Å². The largest absolute Gasteiger partial charge is 0.385 e. The van der Waals surface area contributed by atoms with Gasteiger partial charge in [0.05, 0.1) is 18.6 Å². The number of halogens is 1. The average molecular weight is 366 g/mol. The number of hydrogen-bond acceptors (Lipinski definition) is 4. The number of benzene rings is 1. The van der Waals surface area contributed by atoms with E-state index in [0.717, 1.165) is 12.0 Å². The summed E-state index contributed by atoms with van der Waals surface area (Å²) in [6.45, 7) is 1.87. The van der Waals surface area contributed by atoms with Gasteiger partial charge in [-0.05, 0) is 30.5 Å². The zero-order valence-electron chi connectivity index (χ0n) is 15.4. The molecule has 1 aromatic carbocycles. The predicted molar refractivity (Wildman–Crippen MR) is 95.0 cm³/mol. The molecule has 2 atom stereocenters. The van der Waals surface area contributed by atoms with Gasteiger partial charge in [-0.2, -0.15) is 0 Å². The molecule has 0 aromatic heterocycles. The Labute approximate surface area is 153 Å². The van der Waals surface area contributed by atoms with Gasteiger partial charge in [0.1, 0.15) is 5.82 Å². The first-order valence-corrected chi connectivity index (χ1v) is 8.89. The molecule has 1 aromatic rings. The lowest BCUT2D eigenvalue weighted by Gasteiger charge is -2.40. The van der Waals surface area contributed by atoms with Crippen LogP contribution in [0.15, 0.2) is 24.3 Å². The zero-order chi connectivity index (χ0) is 18.9. The van der Waals surface area contributed by atoms with Gasteiger partial charge in [0.15, 0.2) is 0 Å². The van der Waals surface area contributed by atoms with Crippen LogP contribution in [0.25, 0.3) is 0 Å². The molecule has 0 spiro atoms. The van der Waals surface area contributed by atoms with E-state index in [4.69, 9.17) is 9.47 Å². The molecule has 6 nitrogen and oxygen atoms in total. The summed E-state index contributed by atoms with van der Waals surface area (Å²) in [5.74, 6) is -0.831. The highest BCUT2D eigenvalue weighted by atomic mass is 19.1. The molecule has 2 unspecified atom stereocenters. The first-order chi connectivity index (χ1) is 12.6. The van der Waals surface area contributed by atoms with Crippen LogP contribution in [-0.4, -0.2) is 57.2 Å². The van der Waals surface area contributed by atoms with Crippen molar-refractivity contribution < 1.29 is 23.5 Å². The Morgan fingerprint density at radius 1 is 1.23 bits per heavy atom. The molecule has 1 fully saturated rings. The lowest BCUT2D eigenvalue weighted by Crippen LogP contribution is -2.49. The molecule has 2 amide bonds. The van der Waals surface area contributed by atoms with Crippen LogP contribution in [0.2, 0.25) is 0 Å². The molecule has 1 saturated heterocycles. The Kier molecular flexibility index (Phi) is 8.00. The van der Waals surface area contributed by atoms with Gasteiger partial charge < -0.3 is 19.7 Å². The third-order valence-corrected chi connectivity index (χ3v) is 4.62.